The van der Waals surface area contributed by atoms with Crippen LogP contribution in [0.1, 0.15) is 17.5 Å². The van der Waals surface area contributed by atoms with Crippen molar-refractivity contribution in [3.05, 3.63) is 58.6 Å². The van der Waals surface area contributed by atoms with Crippen molar-refractivity contribution in [2.45, 2.75) is 26.3 Å². The van der Waals surface area contributed by atoms with Crippen LogP contribution in [0.5, 0.6) is 0 Å². The number of nitrogens with one attached hydrogen (secondary N) is 2. The van der Waals surface area contributed by atoms with Crippen LogP contribution in [0, 0.1) is 13.8 Å². The Bertz CT molecular complexity index is 1080. The van der Waals surface area contributed by atoms with E-state index in [0.717, 1.165) is 43.0 Å². The molecule has 186 valence electrons. The number of hydrogen-bond acceptors (Lipinski definition) is 5. The van der Waals surface area contributed by atoms with Crippen molar-refractivity contribution in [3.8, 4) is 0 Å². The molecule has 0 aromatic heterocycles. The van der Waals surface area contributed by atoms with E-state index in [2.05, 4.69) is 20.4 Å². The molecule has 2 fully saturated rings. The molecule has 0 spiro atoms. The van der Waals surface area contributed by atoms with Gasteiger partial charge < -0.3 is 20.4 Å². The van der Waals surface area contributed by atoms with Gasteiger partial charge in [0.1, 0.15) is 6.04 Å². The normalized spacial score (nSPS) is 18.8. The van der Waals surface area contributed by atoms with Crippen LogP contribution in [-0.2, 0) is 14.4 Å². The van der Waals surface area contributed by atoms with Gasteiger partial charge in [-0.1, -0.05) is 23.7 Å². The minimum Gasteiger partial charge on any atom is -0.369 e. The molecule has 8 nitrogen and oxygen atoms in total. The molecule has 0 radical (unpaired) electrons. The highest BCUT2D eigenvalue weighted by Crippen LogP contribution is 2.21. The van der Waals surface area contributed by atoms with Crippen molar-refractivity contribution < 1.29 is 14.4 Å². The quantitative estimate of drug-likeness (QED) is 0.640. The van der Waals surface area contributed by atoms with Crippen LogP contribution in [0.2, 0.25) is 5.02 Å². The fourth-order valence-corrected chi connectivity index (χ4v) is 4.95. The minimum absolute atomic E-state index is 0.0763. The molecule has 35 heavy (non-hydrogen) atoms. The van der Waals surface area contributed by atoms with Gasteiger partial charge in [0.2, 0.25) is 17.7 Å². The number of carbonyl (C=O) groups excluding carboxylic acids is 3. The lowest BCUT2D eigenvalue weighted by atomic mass is 10.1. The molecule has 1 unspecified atom stereocenters. The van der Waals surface area contributed by atoms with E-state index >= 15 is 0 Å². The van der Waals surface area contributed by atoms with Gasteiger partial charge in [0.05, 0.1) is 13.0 Å². The fourth-order valence-electron chi connectivity index (χ4n) is 4.77. The van der Waals surface area contributed by atoms with Gasteiger partial charge in [-0.25, -0.2) is 0 Å². The number of amides is 3. The molecule has 4 rings (SSSR count). The van der Waals surface area contributed by atoms with Gasteiger partial charge in [-0.2, -0.15) is 0 Å². The molecule has 2 aromatic rings. The van der Waals surface area contributed by atoms with Crippen molar-refractivity contribution in [2.75, 3.05) is 56.0 Å². The third-order valence-corrected chi connectivity index (χ3v) is 6.67. The second kappa shape index (κ2) is 11.1. The summed E-state index contributed by atoms with van der Waals surface area (Å²) in [5.74, 6) is -0.698. The average Bonchev–Trinajstić information content (AvgIpc) is 2.80. The zero-order valence-corrected chi connectivity index (χ0v) is 21.0. The van der Waals surface area contributed by atoms with Gasteiger partial charge >= 0.3 is 0 Å². The Morgan fingerprint density at radius 1 is 1.03 bits per heavy atom. The number of halogens is 1. The molecule has 2 aromatic carbocycles. The van der Waals surface area contributed by atoms with Crippen molar-refractivity contribution in [1.82, 2.24) is 15.1 Å². The molecule has 0 saturated carbocycles. The molecule has 0 bridgehead atoms. The van der Waals surface area contributed by atoms with E-state index in [-0.39, 0.29) is 30.7 Å². The predicted octanol–water partition coefficient (Wildman–Crippen LogP) is 2.43. The first kappa shape index (κ1) is 25.0. The topological polar surface area (TPSA) is 85.0 Å². The summed E-state index contributed by atoms with van der Waals surface area (Å²) in [6.07, 6.45) is -0.0763. The molecule has 9 heteroatoms. The smallest absolute Gasteiger partial charge is 0.243 e. The molecular weight excluding hydrogens is 466 g/mol. The lowest BCUT2D eigenvalue weighted by Crippen LogP contribution is -2.60. The standard InChI is InChI=1S/C26H32ClN5O3/c1-18-12-19(2)14-21(13-18)29-24(33)16-23-26(35)28-6-7-32(23)25(34)17-30-8-10-31(11-9-30)22-5-3-4-20(27)15-22/h3-5,12-15,23H,6-11,16-17H2,1-2H3,(H,28,35)(H,29,33). The first-order chi connectivity index (χ1) is 16.8. The number of anilines is 2. The largest absolute Gasteiger partial charge is 0.369 e. The molecule has 0 aliphatic carbocycles. The summed E-state index contributed by atoms with van der Waals surface area (Å²) in [7, 11) is 0. The molecule has 2 aliphatic rings. The second-order valence-electron chi connectivity index (χ2n) is 9.27. The molecule has 1 atom stereocenters. The summed E-state index contributed by atoms with van der Waals surface area (Å²) in [4.78, 5) is 44.5. The van der Waals surface area contributed by atoms with Crippen molar-refractivity contribution in [3.63, 3.8) is 0 Å². The van der Waals surface area contributed by atoms with E-state index in [1.807, 2.05) is 56.3 Å². The van der Waals surface area contributed by atoms with Crippen molar-refractivity contribution >= 4 is 40.7 Å². The summed E-state index contributed by atoms with van der Waals surface area (Å²) in [5, 5.41) is 6.37. The van der Waals surface area contributed by atoms with Crippen LogP contribution in [0.15, 0.2) is 42.5 Å². The second-order valence-corrected chi connectivity index (χ2v) is 9.70. The molecule has 2 N–H and O–H groups in total. The summed E-state index contributed by atoms with van der Waals surface area (Å²) >= 11 is 6.12. The SMILES string of the molecule is Cc1cc(C)cc(NC(=O)CC2C(=O)NCCN2C(=O)CN2CCN(c3cccc(Cl)c3)CC2)c1. The van der Waals surface area contributed by atoms with E-state index in [1.165, 1.54) is 0 Å². The maximum absolute atomic E-state index is 13.2. The number of nitrogens with zero attached hydrogens (tertiary/aromatic N) is 3. The van der Waals surface area contributed by atoms with Crippen LogP contribution in [-0.4, -0.2) is 79.4 Å². The molecule has 3 amide bonds. The van der Waals surface area contributed by atoms with Gasteiger partial charge in [0.15, 0.2) is 0 Å². The molecule has 2 saturated heterocycles. The van der Waals surface area contributed by atoms with Crippen LogP contribution in [0.3, 0.4) is 0 Å². The monoisotopic (exact) mass is 497 g/mol. The Balaban J connectivity index is 1.33. The predicted molar refractivity (Wildman–Crippen MR) is 138 cm³/mol. The number of piperazine rings is 2. The third-order valence-electron chi connectivity index (χ3n) is 6.44. The van der Waals surface area contributed by atoms with E-state index in [0.29, 0.717) is 23.8 Å². The van der Waals surface area contributed by atoms with Crippen LogP contribution in [0.25, 0.3) is 0 Å². The molecule has 2 aliphatic heterocycles. The Hall–Kier alpha value is -3.10. The van der Waals surface area contributed by atoms with Crippen LogP contribution < -0.4 is 15.5 Å². The van der Waals surface area contributed by atoms with Gasteiger partial charge in [-0.3, -0.25) is 19.3 Å². The maximum atomic E-state index is 13.2. The number of carbonyl (C=O) groups is 3. The number of aryl methyl sites for hydroxylation is 2. The van der Waals surface area contributed by atoms with Gasteiger partial charge in [0, 0.05) is 55.7 Å². The summed E-state index contributed by atoms with van der Waals surface area (Å²) < 4.78 is 0. The average molecular weight is 498 g/mol. The highest BCUT2D eigenvalue weighted by atomic mass is 35.5. The van der Waals surface area contributed by atoms with E-state index < -0.39 is 6.04 Å². The summed E-state index contributed by atoms with van der Waals surface area (Å²) in [5.41, 5.74) is 3.86. The zero-order valence-electron chi connectivity index (χ0n) is 20.2. The summed E-state index contributed by atoms with van der Waals surface area (Å²) in [6.45, 7) is 7.99. The van der Waals surface area contributed by atoms with Gasteiger partial charge in [0.25, 0.3) is 0 Å². The van der Waals surface area contributed by atoms with Crippen molar-refractivity contribution in [2.24, 2.45) is 0 Å². The van der Waals surface area contributed by atoms with Gasteiger partial charge in [-0.15, -0.1) is 0 Å². The Morgan fingerprint density at radius 2 is 1.74 bits per heavy atom. The number of rotatable bonds is 6. The number of benzene rings is 2. The van der Waals surface area contributed by atoms with Crippen molar-refractivity contribution in [1.29, 1.82) is 0 Å². The summed E-state index contributed by atoms with van der Waals surface area (Å²) in [6, 6.07) is 12.8. The van der Waals surface area contributed by atoms with Gasteiger partial charge in [-0.05, 0) is 55.3 Å². The van der Waals surface area contributed by atoms with Crippen LogP contribution >= 0.6 is 11.6 Å². The number of hydrogen-bond donors (Lipinski definition) is 2. The maximum Gasteiger partial charge on any atom is 0.243 e. The molecule has 2 heterocycles. The van der Waals surface area contributed by atoms with Crippen LogP contribution in [0.4, 0.5) is 11.4 Å². The fraction of sp³-hybridized carbons (Fsp3) is 0.423. The Morgan fingerprint density at radius 3 is 2.43 bits per heavy atom. The lowest BCUT2D eigenvalue weighted by Gasteiger charge is -2.39. The first-order valence-corrected chi connectivity index (χ1v) is 12.3. The van der Waals surface area contributed by atoms with E-state index in [4.69, 9.17) is 11.6 Å². The minimum atomic E-state index is -0.810. The first-order valence-electron chi connectivity index (χ1n) is 12.0. The highest BCUT2D eigenvalue weighted by Gasteiger charge is 2.35. The lowest BCUT2D eigenvalue weighted by molar-refractivity contribution is -0.145. The van der Waals surface area contributed by atoms with E-state index in [1.54, 1.807) is 4.90 Å². The molecular formula is C26H32ClN5O3. The Kier molecular flexibility index (Phi) is 7.93. The third kappa shape index (κ3) is 6.52. The Labute approximate surface area is 211 Å². The highest BCUT2D eigenvalue weighted by molar-refractivity contribution is 6.30. The van der Waals surface area contributed by atoms with E-state index in [9.17, 15) is 14.4 Å². The zero-order chi connectivity index (χ0) is 24.9.